The third-order valence-electron chi connectivity index (χ3n) is 2.81. The molecule has 2 aromatic rings. The summed E-state index contributed by atoms with van der Waals surface area (Å²) in [6.07, 6.45) is 2.93. The van der Waals surface area contributed by atoms with Crippen LogP contribution in [-0.4, -0.2) is 16.9 Å². The zero-order chi connectivity index (χ0) is 12.8. The first-order valence-electron chi connectivity index (χ1n) is 6.22. The summed E-state index contributed by atoms with van der Waals surface area (Å²) in [6.45, 7) is 3.86. The van der Waals surface area contributed by atoms with Gasteiger partial charge in [0.15, 0.2) is 0 Å². The number of hydrogen-bond acceptors (Lipinski definition) is 3. The van der Waals surface area contributed by atoms with Crippen molar-refractivity contribution in [2.24, 2.45) is 0 Å². The Morgan fingerprint density at radius 1 is 1.28 bits per heavy atom. The maximum absolute atomic E-state index is 5.31. The van der Waals surface area contributed by atoms with Crippen molar-refractivity contribution >= 4 is 5.69 Å². The number of para-hydroxylation sites is 2. The van der Waals surface area contributed by atoms with E-state index >= 15 is 0 Å². The van der Waals surface area contributed by atoms with Crippen LogP contribution in [0.4, 0.5) is 5.69 Å². The minimum atomic E-state index is 0.750. The van der Waals surface area contributed by atoms with E-state index in [2.05, 4.69) is 17.3 Å². The Morgan fingerprint density at radius 2 is 2.11 bits per heavy atom. The Kier molecular flexibility index (Phi) is 4.23. The topological polar surface area (TPSA) is 39.1 Å². The number of nitrogens with one attached hydrogen (secondary N) is 1. The van der Waals surface area contributed by atoms with Crippen LogP contribution in [0.2, 0.25) is 0 Å². The molecule has 1 N–H and O–H groups in total. The van der Waals surface area contributed by atoms with E-state index in [1.165, 1.54) is 5.69 Å². The predicted octanol–water partition coefficient (Wildman–Crippen LogP) is 2.91. The molecule has 18 heavy (non-hydrogen) atoms. The minimum absolute atomic E-state index is 0.750. The molecule has 4 heteroatoms. The SMILES string of the molecule is CCCn1nccc1CNc1ccccc1OC. The lowest BCUT2D eigenvalue weighted by molar-refractivity contribution is 0.416. The number of hydrogen-bond donors (Lipinski definition) is 1. The lowest BCUT2D eigenvalue weighted by Gasteiger charge is -2.11. The molecular formula is C14H19N3O. The van der Waals surface area contributed by atoms with Gasteiger partial charge >= 0.3 is 0 Å². The van der Waals surface area contributed by atoms with E-state index in [1.54, 1.807) is 7.11 Å². The molecule has 96 valence electrons. The van der Waals surface area contributed by atoms with Crippen molar-refractivity contribution in [3.8, 4) is 5.75 Å². The third-order valence-corrected chi connectivity index (χ3v) is 2.81. The molecule has 2 rings (SSSR count). The fourth-order valence-electron chi connectivity index (χ4n) is 1.90. The third kappa shape index (κ3) is 2.83. The second-order valence-electron chi connectivity index (χ2n) is 4.10. The van der Waals surface area contributed by atoms with Crippen LogP contribution in [0.1, 0.15) is 19.0 Å². The Balaban J connectivity index is 2.04. The second kappa shape index (κ2) is 6.10. The van der Waals surface area contributed by atoms with Gasteiger partial charge in [0.25, 0.3) is 0 Å². The molecule has 0 radical (unpaired) electrons. The largest absolute Gasteiger partial charge is 0.495 e. The van der Waals surface area contributed by atoms with Crippen LogP contribution in [0.25, 0.3) is 0 Å². The molecule has 0 saturated carbocycles. The molecule has 4 nitrogen and oxygen atoms in total. The molecule has 0 amide bonds. The fraction of sp³-hybridized carbons (Fsp3) is 0.357. The summed E-state index contributed by atoms with van der Waals surface area (Å²) in [5.41, 5.74) is 2.19. The highest BCUT2D eigenvalue weighted by Gasteiger charge is 2.04. The molecule has 0 spiro atoms. The van der Waals surface area contributed by atoms with Gasteiger partial charge in [-0.25, -0.2) is 0 Å². The van der Waals surface area contributed by atoms with Crippen molar-refractivity contribution in [2.75, 3.05) is 12.4 Å². The molecule has 1 aromatic heterocycles. The van der Waals surface area contributed by atoms with E-state index < -0.39 is 0 Å². The molecule has 0 aliphatic heterocycles. The van der Waals surface area contributed by atoms with Crippen molar-refractivity contribution in [1.82, 2.24) is 9.78 Å². The first-order valence-corrected chi connectivity index (χ1v) is 6.22. The smallest absolute Gasteiger partial charge is 0.141 e. The average molecular weight is 245 g/mol. The minimum Gasteiger partial charge on any atom is -0.495 e. The number of anilines is 1. The number of nitrogens with zero attached hydrogens (tertiary/aromatic N) is 2. The van der Waals surface area contributed by atoms with Gasteiger partial charge in [0.2, 0.25) is 0 Å². The van der Waals surface area contributed by atoms with Gasteiger partial charge < -0.3 is 10.1 Å². The number of aromatic nitrogens is 2. The van der Waals surface area contributed by atoms with Crippen LogP contribution < -0.4 is 10.1 Å². The monoisotopic (exact) mass is 245 g/mol. The Hall–Kier alpha value is -1.97. The van der Waals surface area contributed by atoms with Crippen LogP contribution in [0, 0.1) is 0 Å². The zero-order valence-corrected chi connectivity index (χ0v) is 10.9. The number of rotatable bonds is 6. The summed E-state index contributed by atoms with van der Waals surface area (Å²) < 4.78 is 7.34. The Morgan fingerprint density at radius 3 is 2.89 bits per heavy atom. The number of methoxy groups -OCH3 is 1. The van der Waals surface area contributed by atoms with Gasteiger partial charge in [-0.05, 0) is 24.6 Å². The normalized spacial score (nSPS) is 10.3. The van der Waals surface area contributed by atoms with E-state index in [1.807, 2.05) is 41.2 Å². The summed E-state index contributed by atoms with van der Waals surface area (Å²) in [7, 11) is 1.68. The van der Waals surface area contributed by atoms with E-state index in [-0.39, 0.29) is 0 Å². The van der Waals surface area contributed by atoms with Crippen molar-refractivity contribution in [1.29, 1.82) is 0 Å². The number of benzene rings is 1. The lowest BCUT2D eigenvalue weighted by Crippen LogP contribution is -2.09. The average Bonchev–Trinajstić information content (AvgIpc) is 2.84. The van der Waals surface area contributed by atoms with Gasteiger partial charge in [0, 0.05) is 12.7 Å². The van der Waals surface area contributed by atoms with Crippen molar-refractivity contribution < 1.29 is 4.74 Å². The van der Waals surface area contributed by atoms with Crippen LogP contribution in [-0.2, 0) is 13.1 Å². The molecule has 0 aliphatic carbocycles. The highest BCUT2D eigenvalue weighted by Crippen LogP contribution is 2.23. The van der Waals surface area contributed by atoms with Crippen LogP contribution in [0.15, 0.2) is 36.5 Å². The summed E-state index contributed by atoms with van der Waals surface area (Å²) in [5, 5.41) is 7.69. The van der Waals surface area contributed by atoms with Crippen LogP contribution in [0.5, 0.6) is 5.75 Å². The van der Waals surface area contributed by atoms with Gasteiger partial charge in [-0.3, -0.25) is 4.68 Å². The Labute approximate surface area is 108 Å². The maximum Gasteiger partial charge on any atom is 0.141 e. The molecule has 0 atom stereocenters. The summed E-state index contributed by atoms with van der Waals surface area (Å²) >= 11 is 0. The first-order chi connectivity index (χ1) is 8.85. The molecule has 0 saturated heterocycles. The van der Waals surface area contributed by atoms with Gasteiger partial charge in [-0.15, -0.1) is 0 Å². The van der Waals surface area contributed by atoms with E-state index in [0.29, 0.717) is 0 Å². The van der Waals surface area contributed by atoms with E-state index in [9.17, 15) is 0 Å². The maximum atomic E-state index is 5.31. The lowest BCUT2D eigenvalue weighted by atomic mass is 10.3. The van der Waals surface area contributed by atoms with Crippen LogP contribution in [0.3, 0.4) is 0 Å². The van der Waals surface area contributed by atoms with E-state index in [0.717, 1.165) is 30.9 Å². The molecule has 0 aliphatic rings. The number of aryl methyl sites for hydroxylation is 1. The van der Waals surface area contributed by atoms with Crippen molar-refractivity contribution in [3.63, 3.8) is 0 Å². The standard InChI is InChI=1S/C14H19N3O/c1-3-10-17-12(8-9-16-17)11-15-13-6-4-5-7-14(13)18-2/h4-9,15H,3,10-11H2,1-2H3. The Bertz CT molecular complexity index is 493. The van der Waals surface area contributed by atoms with Crippen LogP contribution >= 0.6 is 0 Å². The molecule has 0 unspecified atom stereocenters. The summed E-state index contributed by atoms with van der Waals surface area (Å²) in [5.74, 6) is 0.860. The molecule has 0 bridgehead atoms. The van der Waals surface area contributed by atoms with Gasteiger partial charge in [-0.2, -0.15) is 5.10 Å². The second-order valence-corrected chi connectivity index (χ2v) is 4.10. The van der Waals surface area contributed by atoms with Crippen molar-refractivity contribution in [3.05, 3.63) is 42.2 Å². The van der Waals surface area contributed by atoms with Crippen molar-refractivity contribution in [2.45, 2.75) is 26.4 Å². The summed E-state index contributed by atoms with van der Waals surface area (Å²) in [6, 6.07) is 9.96. The first kappa shape index (κ1) is 12.5. The highest BCUT2D eigenvalue weighted by atomic mass is 16.5. The molecule has 0 fully saturated rings. The number of ether oxygens (including phenoxy) is 1. The molecule has 1 aromatic carbocycles. The molecular weight excluding hydrogens is 226 g/mol. The quantitative estimate of drug-likeness (QED) is 0.850. The van der Waals surface area contributed by atoms with E-state index in [4.69, 9.17) is 4.74 Å². The fourth-order valence-corrected chi connectivity index (χ4v) is 1.90. The van der Waals surface area contributed by atoms with Gasteiger partial charge in [-0.1, -0.05) is 19.1 Å². The van der Waals surface area contributed by atoms with Gasteiger partial charge in [0.05, 0.1) is 25.0 Å². The molecule has 1 heterocycles. The zero-order valence-electron chi connectivity index (χ0n) is 10.9. The van der Waals surface area contributed by atoms with Gasteiger partial charge in [0.1, 0.15) is 5.75 Å². The predicted molar refractivity (Wildman–Crippen MR) is 72.8 cm³/mol. The highest BCUT2D eigenvalue weighted by molar-refractivity contribution is 5.56. The summed E-state index contributed by atoms with van der Waals surface area (Å²) in [4.78, 5) is 0.